The smallest absolute Gasteiger partial charge is 0.234 e. The maximum atomic E-state index is 11.7. The minimum absolute atomic E-state index is 0.0256. The van der Waals surface area contributed by atoms with Gasteiger partial charge in [0.05, 0.1) is 11.8 Å². The van der Waals surface area contributed by atoms with Crippen molar-refractivity contribution in [1.82, 2.24) is 0 Å². The number of benzene rings is 1. The molecule has 18 heavy (non-hydrogen) atoms. The summed E-state index contributed by atoms with van der Waals surface area (Å²) in [7, 11) is 0. The van der Waals surface area contributed by atoms with Crippen LogP contribution >= 0.6 is 23.4 Å². The van der Waals surface area contributed by atoms with Crippen LogP contribution in [0.5, 0.6) is 0 Å². The second-order valence-corrected chi connectivity index (χ2v) is 5.36. The van der Waals surface area contributed by atoms with Crippen molar-refractivity contribution in [2.75, 3.05) is 16.8 Å². The Labute approximate surface area is 117 Å². The van der Waals surface area contributed by atoms with Gasteiger partial charge in [-0.25, -0.2) is 0 Å². The zero-order chi connectivity index (χ0) is 13.4. The van der Waals surface area contributed by atoms with Gasteiger partial charge in [-0.3, -0.25) is 4.79 Å². The first-order valence-electron chi connectivity index (χ1n) is 5.64. The van der Waals surface area contributed by atoms with E-state index in [1.165, 1.54) is 0 Å². The number of aryl methyl sites for hydroxylation is 1. The summed E-state index contributed by atoms with van der Waals surface area (Å²) in [6, 6.07) is 7.45. The molecule has 5 heteroatoms. The van der Waals surface area contributed by atoms with Crippen LogP contribution in [0.25, 0.3) is 0 Å². The second kappa shape index (κ2) is 8.02. The Hall–Kier alpha value is -1.18. The lowest BCUT2D eigenvalue weighted by molar-refractivity contribution is -0.113. The van der Waals surface area contributed by atoms with Gasteiger partial charge in [0.25, 0.3) is 0 Å². The van der Waals surface area contributed by atoms with Crippen molar-refractivity contribution in [1.29, 1.82) is 5.26 Å². The summed E-state index contributed by atoms with van der Waals surface area (Å²) in [5.41, 5.74) is 1.74. The Morgan fingerprint density at radius 2 is 2.33 bits per heavy atom. The molecule has 1 N–H and O–H groups in total. The summed E-state index contributed by atoms with van der Waals surface area (Å²) in [6.07, 6.45) is 1.37. The fraction of sp³-hybridized carbons (Fsp3) is 0.385. The zero-order valence-corrected chi connectivity index (χ0v) is 11.8. The molecule has 0 spiro atoms. The van der Waals surface area contributed by atoms with Gasteiger partial charge in [0.1, 0.15) is 0 Å². The molecule has 1 rings (SSSR count). The van der Waals surface area contributed by atoms with Gasteiger partial charge in [0.15, 0.2) is 0 Å². The molecule has 0 fully saturated rings. The summed E-state index contributed by atoms with van der Waals surface area (Å²) >= 11 is 7.38. The van der Waals surface area contributed by atoms with Gasteiger partial charge < -0.3 is 5.32 Å². The Bertz CT molecular complexity index is 457. The summed E-state index contributed by atoms with van der Waals surface area (Å²) in [6.45, 7) is 1.90. The predicted octanol–water partition coefficient (Wildman–Crippen LogP) is 3.62. The lowest BCUT2D eigenvalue weighted by atomic mass is 10.2. The Balaban J connectivity index is 2.34. The van der Waals surface area contributed by atoms with E-state index in [1.807, 2.05) is 13.0 Å². The van der Waals surface area contributed by atoms with E-state index in [-0.39, 0.29) is 5.91 Å². The number of hydrogen-bond acceptors (Lipinski definition) is 3. The number of carbonyl (C=O) groups is 1. The van der Waals surface area contributed by atoms with Crippen molar-refractivity contribution in [3.63, 3.8) is 0 Å². The average molecular weight is 283 g/mol. The zero-order valence-electron chi connectivity index (χ0n) is 10.2. The van der Waals surface area contributed by atoms with Crippen molar-refractivity contribution in [2.45, 2.75) is 19.8 Å². The predicted molar refractivity (Wildman–Crippen MR) is 77.0 cm³/mol. The van der Waals surface area contributed by atoms with Crippen LogP contribution in [0.2, 0.25) is 5.02 Å². The second-order valence-electron chi connectivity index (χ2n) is 3.82. The maximum absolute atomic E-state index is 11.7. The molecule has 0 heterocycles. The van der Waals surface area contributed by atoms with Crippen LogP contribution in [0.15, 0.2) is 18.2 Å². The number of nitriles is 1. The van der Waals surface area contributed by atoms with Crippen LogP contribution in [-0.2, 0) is 4.79 Å². The first-order valence-corrected chi connectivity index (χ1v) is 7.17. The number of thioether (sulfide) groups is 1. The van der Waals surface area contributed by atoms with Crippen molar-refractivity contribution in [3.05, 3.63) is 28.8 Å². The molecule has 1 aromatic rings. The van der Waals surface area contributed by atoms with Gasteiger partial charge in [0, 0.05) is 17.1 Å². The highest BCUT2D eigenvalue weighted by Gasteiger charge is 2.05. The van der Waals surface area contributed by atoms with Crippen LogP contribution in [0.4, 0.5) is 5.69 Å². The van der Waals surface area contributed by atoms with Gasteiger partial charge in [0.2, 0.25) is 5.91 Å². The molecule has 0 aliphatic heterocycles. The number of unbranched alkanes of at least 4 members (excludes halogenated alkanes) is 1. The highest BCUT2D eigenvalue weighted by molar-refractivity contribution is 7.99. The molecule has 0 atom stereocenters. The number of carbonyl (C=O) groups excluding carboxylic acids is 1. The number of rotatable bonds is 6. The molecule has 0 radical (unpaired) electrons. The third kappa shape index (κ3) is 5.44. The Morgan fingerprint density at radius 3 is 3.00 bits per heavy atom. The van der Waals surface area contributed by atoms with Crippen molar-refractivity contribution < 1.29 is 4.79 Å². The third-order valence-electron chi connectivity index (χ3n) is 2.27. The minimum Gasteiger partial charge on any atom is -0.325 e. The topological polar surface area (TPSA) is 52.9 Å². The number of nitrogens with one attached hydrogen (secondary N) is 1. The molecule has 3 nitrogen and oxygen atoms in total. The number of hydrogen-bond donors (Lipinski definition) is 1. The van der Waals surface area contributed by atoms with E-state index in [4.69, 9.17) is 16.9 Å². The number of nitrogens with zero attached hydrogens (tertiary/aromatic N) is 1. The van der Waals surface area contributed by atoms with Crippen LogP contribution in [-0.4, -0.2) is 17.4 Å². The highest BCUT2D eigenvalue weighted by Crippen LogP contribution is 2.19. The quantitative estimate of drug-likeness (QED) is 0.811. The molecular weight excluding hydrogens is 268 g/mol. The third-order valence-corrected chi connectivity index (χ3v) is 3.55. The van der Waals surface area contributed by atoms with E-state index in [0.717, 1.165) is 23.4 Å². The maximum Gasteiger partial charge on any atom is 0.234 e. The largest absolute Gasteiger partial charge is 0.325 e. The molecule has 96 valence electrons. The lowest BCUT2D eigenvalue weighted by Gasteiger charge is -2.08. The summed E-state index contributed by atoms with van der Waals surface area (Å²) in [4.78, 5) is 11.7. The standard InChI is InChI=1S/C13H15ClN2OS/c1-10-8-11(14)4-5-12(10)16-13(17)9-18-7-3-2-6-15/h4-5,8H,2-3,7,9H2,1H3,(H,16,17). The van der Waals surface area contributed by atoms with Crippen molar-refractivity contribution >= 4 is 35.0 Å². The van der Waals surface area contributed by atoms with Gasteiger partial charge >= 0.3 is 0 Å². The Morgan fingerprint density at radius 1 is 1.56 bits per heavy atom. The fourth-order valence-electron chi connectivity index (χ4n) is 1.37. The molecule has 0 saturated heterocycles. The SMILES string of the molecule is Cc1cc(Cl)ccc1NC(=O)CSCCCC#N. The van der Waals surface area contributed by atoms with Gasteiger partial charge in [-0.15, -0.1) is 0 Å². The van der Waals surface area contributed by atoms with Gasteiger partial charge in [-0.2, -0.15) is 17.0 Å². The number of anilines is 1. The molecule has 1 aromatic carbocycles. The van der Waals surface area contributed by atoms with Gasteiger partial charge in [-0.05, 0) is 42.9 Å². The number of halogens is 1. The van der Waals surface area contributed by atoms with Crippen LogP contribution in [0.3, 0.4) is 0 Å². The molecule has 1 amide bonds. The van der Waals surface area contributed by atoms with Crippen LogP contribution in [0, 0.1) is 18.3 Å². The monoisotopic (exact) mass is 282 g/mol. The fourth-order valence-corrected chi connectivity index (χ4v) is 2.35. The normalized spacial score (nSPS) is 9.83. The molecular formula is C13H15ClN2OS. The first kappa shape index (κ1) is 14.9. The molecule has 0 saturated carbocycles. The van der Waals surface area contributed by atoms with E-state index >= 15 is 0 Å². The van der Waals surface area contributed by atoms with Gasteiger partial charge in [-0.1, -0.05) is 11.6 Å². The highest BCUT2D eigenvalue weighted by atomic mass is 35.5. The van der Waals surface area contributed by atoms with Crippen LogP contribution < -0.4 is 5.32 Å². The lowest BCUT2D eigenvalue weighted by Crippen LogP contribution is -2.15. The van der Waals surface area contributed by atoms with E-state index in [1.54, 1.807) is 23.9 Å². The molecule has 0 aromatic heterocycles. The van der Waals surface area contributed by atoms with Crippen molar-refractivity contribution in [3.8, 4) is 6.07 Å². The molecule has 0 unspecified atom stereocenters. The minimum atomic E-state index is -0.0256. The van der Waals surface area contributed by atoms with E-state index in [9.17, 15) is 4.79 Å². The van der Waals surface area contributed by atoms with E-state index in [0.29, 0.717) is 17.2 Å². The Kier molecular flexibility index (Phi) is 6.63. The average Bonchev–Trinajstić information content (AvgIpc) is 2.32. The van der Waals surface area contributed by atoms with E-state index in [2.05, 4.69) is 11.4 Å². The first-order chi connectivity index (χ1) is 8.63. The van der Waals surface area contributed by atoms with E-state index < -0.39 is 0 Å². The summed E-state index contributed by atoms with van der Waals surface area (Å²) < 4.78 is 0. The van der Waals surface area contributed by atoms with Crippen LogP contribution in [0.1, 0.15) is 18.4 Å². The molecule has 0 aliphatic rings. The molecule has 0 aliphatic carbocycles. The number of amides is 1. The summed E-state index contributed by atoms with van der Waals surface area (Å²) in [5, 5.41) is 11.9. The van der Waals surface area contributed by atoms with Crippen molar-refractivity contribution in [2.24, 2.45) is 0 Å². The summed E-state index contributed by atoms with van der Waals surface area (Å²) in [5.74, 6) is 1.22. The molecule has 0 bridgehead atoms.